The van der Waals surface area contributed by atoms with E-state index >= 15 is 0 Å². The molecular formula is C22H17F6N7. The second kappa shape index (κ2) is 8.17. The molecule has 35 heavy (non-hydrogen) atoms. The average molecular weight is 493 g/mol. The van der Waals surface area contributed by atoms with Gasteiger partial charge in [0.25, 0.3) is 12.2 Å². The molecule has 0 atom stereocenters. The summed E-state index contributed by atoms with van der Waals surface area (Å²) in [5, 5.41) is 7.52. The summed E-state index contributed by atoms with van der Waals surface area (Å²) in [5.74, 6) is -1.01. The minimum Gasteiger partial charge on any atom is -0.303 e. The molecule has 0 bridgehead atoms. The number of fused-ring (bicyclic) bond motifs is 3. The van der Waals surface area contributed by atoms with Crippen molar-refractivity contribution in [2.45, 2.75) is 32.4 Å². The van der Waals surface area contributed by atoms with Gasteiger partial charge < -0.3 is 4.90 Å². The Morgan fingerprint density at radius 3 is 2.66 bits per heavy atom. The van der Waals surface area contributed by atoms with Gasteiger partial charge in [-0.2, -0.15) is 18.2 Å². The molecule has 1 fully saturated rings. The maximum absolute atomic E-state index is 14.9. The number of benzene rings is 1. The molecular weight excluding hydrogens is 476 g/mol. The molecule has 0 saturated heterocycles. The van der Waals surface area contributed by atoms with Gasteiger partial charge in [-0.3, -0.25) is 9.38 Å². The van der Waals surface area contributed by atoms with Crippen molar-refractivity contribution in [3.63, 3.8) is 0 Å². The summed E-state index contributed by atoms with van der Waals surface area (Å²) < 4.78 is 83.9. The van der Waals surface area contributed by atoms with E-state index in [9.17, 15) is 26.3 Å². The van der Waals surface area contributed by atoms with Gasteiger partial charge in [0.2, 0.25) is 0 Å². The van der Waals surface area contributed by atoms with Crippen molar-refractivity contribution in [2.24, 2.45) is 5.41 Å². The van der Waals surface area contributed by atoms with Crippen LogP contribution in [-0.4, -0.2) is 48.7 Å². The maximum atomic E-state index is 14.9. The molecule has 1 aliphatic rings. The summed E-state index contributed by atoms with van der Waals surface area (Å²) in [6, 6.07) is 4.16. The van der Waals surface area contributed by atoms with Crippen molar-refractivity contribution in [1.82, 2.24) is 29.5 Å². The fraction of sp³-hybridized carbons (Fsp3) is 0.318. The van der Waals surface area contributed by atoms with Crippen LogP contribution in [0, 0.1) is 11.2 Å². The lowest BCUT2D eigenvalue weighted by molar-refractivity contribution is -0.171. The summed E-state index contributed by atoms with van der Waals surface area (Å²) in [6.45, 7) is 0.529. The normalized spacial score (nSPS) is 15.8. The van der Waals surface area contributed by atoms with Gasteiger partial charge in [-0.15, -0.1) is 10.2 Å². The Balaban J connectivity index is 1.65. The molecule has 5 rings (SSSR count). The predicted molar refractivity (Wildman–Crippen MR) is 115 cm³/mol. The average Bonchev–Trinajstić information content (AvgIpc) is 3.44. The SMILES string of the molecule is C/C(=C\C1(C(F)(F)F)CC1)c1cncc(N(CC(F)F)c2nc3nncn3c3cccc(F)c23)n1. The molecule has 3 aromatic heterocycles. The molecule has 1 aliphatic carbocycles. The Morgan fingerprint density at radius 1 is 1.20 bits per heavy atom. The van der Waals surface area contributed by atoms with Crippen LogP contribution in [0.4, 0.5) is 38.0 Å². The van der Waals surface area contributed by atoms with Crippen LogP contribution in [0.5, 0.6) is 0 Å². The van der Waals surface area contributed by atoms with E-state index in [4.69, 9.17) is 0 Å². The first-order valence-electron chi connectivity index (χ1n) is 10.5. The second-order valence-corrected chi connectivity index (χ2v) is 8.32. The first-order chi connectivity index (χ1) is 16.6. The molecule has 0 spiro atoms. The predicted octanol–water partition coefficient (Wildman–Crippen LogP) is 5.36. The second-order valence-electron chi connectivity index (χ2n) is 8.32. The Kier molecular flexibility index (Phi) is 5.37. The minimum absolute atomic E-state index is 0.0357. The molecule has 1 aromatic carbocycles. The zero-order valence-corrected chi connectivity index (χ0v) is 18.1. The number of nitrogens with zero attached hydrogens (tertiary/aromatic N) is 7. The zero-order chi connectivity index (χ0) is 25.0. The number of hydrogen-bond acceptors (Lipinski definition) is 6. The number of halogens is 6. The summed E-state index contributed by atoms with van der Waals surface area (Å²) in [5.41, 5.74) is -1.36. The lowest BCUT2D eigenvalue weighted by Crippen LogP contribution is -2.27. The number of anilines is 2. The minimum atomic E-state index is -4.41. The Morgan fingerprint density at radius 2 is 1.97 bits per heavy atom. The highest BCUT2D eigenvalue weighted by Crippen LogP contribution is 2.59. The Labute approximate surface area is 194 Å². The van der Waals surface area contributed by atoms with Crippen LogP contribution in [-0.2, 0) is 0 Å². The van der Waals surface area contributed by atoms with E-state index in [-0.39, 0.29) is 52.4 Å². The fourth-order valence-corrected chi connectivity index (χ4v) is 3.99. The molecule has 0 unspecified atom stereocenters. The zero-order valence-electron chi connectivity index (χ0n) is 18.1. The van der Waals surface area contributed by atoms with Crippen LogP contribution < -0.4 is 4.90 Å². The van der Waals surface area contributed by atoms with Gasteiger partial charge >= 0.3 is 6.18 Å². The molecule has 0 amide bonds. The highest BCUT2D eigenvalue weighted by Gasteiger charge is 2.61. The third kappa shape index (κ3) is 4.04. The van der Waals surface area contributed by atoms with Gasteiger partial charge in [-0.25, -0.2) is 18.2 Å². The summed E-state index contributed by atoms with van der Waals surface area (Å²) in [4.78, 5) is 13.5. The van der Waals surface area contributed by atoms with Crippen molar-refractivity contribution < 1.29 is 26.3 Å². The highest BCUT2D eigenvalue weighted by atomic mass is 19.4. The molecule has 0 radical (unpaired) electrons. The van der Waals surface area contributed by atoms with Crippen LogP contribution in [0.3, 0.4) is 0 Å². The van der Waals surface area contributed by atoms with Crippen LogP contribution in [0.1, 0.15) is 25.5 Å². The van der Waals surface area contributed by atoms with Crippen LogP contribution in [0.15, 0.2) is 43.0 Å². The van der Waals surface area contributed by atoms with Crippen LogP contribution >= 0.6 is 0 Å². The largest absolute Gasteiger partial charge is 0.397 e. The molecule has 0 aliphatic heterocycles. The van der Waals surface area contributed by atoms with E-state index < -0.39 is 30.4 Å². The fourth-order valence-electron chi connectivity index (χ4n) is 3.99. The highest BCUT2D eigenvalue weighted by molar-refractivity contribution is 5.93. The lowest BCUT2D eigenvalue weighted by atomic mass is 10.0. The van der Waals surface area contributed by atoms with E-state index in [2.05, 4.69) is 25.1 Å². The quantitative estimate of drug-likeness (QED) is 0.337. The van der Waals surface area contributed by atoms with Crippen molar-refractivity contribution in [3.05, 3.63) is 54.5 Å². The van der Waals surface area contributed by atoms with Crippen molar-refractivity contribution >= 4 is 33.9 Å². The van der Waals surface area contributed by atoms with Gasteiger partial charge in [0, 0.05) is 0 Å². The summed E-state index contributed by atoms with van der Waals surface area (Å²) in [6.07, 6.45) is -2.54. The third-order valence-corrected chi connectivity index (χ3v) is 5.94. The summed E-state index contributed by atoms with van der Waals surface area (Å²) >= 11 is 0. The number of hydrogen-bond donors (Lipinski definition) is 0. The monoisotopic (exact) mass is 493 g/mol. The smallest absolute Gasteiger partial charge is 0.303 e. The van der Waals surface area contributed by atoms with E-state index in [1.807, 2.05) is 0 Å². The van der Waals surface area contributed by atoms with E-state index in [1.165, 1.54) is 29.9 Å². The van der Waals surface area contributed by atoms with Crippen LogP contribution in [0.25, 0.3) is 22.3 Å². The van der Waals surface area contributed by atoms with Crippen molar-refractivity contribution in [3.8, 4) is 0 Å². The molecule has 3 heterocycles. The van der Waals surface area contributed by atoms with E-state index in [0.717, 1.165) is 23.2 Å². The van der Waals surface area contributed by atoms with Crippen molar-refractivity contribution in [1.29, 1.82) is 0 Å². The lowest BCUT2D eigenvalue weighted by Gasteiger charge is -2.24. The number of allylic oxidation sites excluding steroid dienone is 2. The number of aromatic nitrogens is 6. The molecule has 182 valence electrons. The molecule has 0 N–H and O–H groups in total. The van der Waals surface area contributed by atoms with E-state index in [0.29, 0.717) is 0 Å². The van der Waals surface area contributed by atoms with Gasteiger partial charge in [0.05, 0.1) is 41.0 Å². The number of rotatable bonds is 6. The molecule has 4 aromatic rings. The van der Waals surface area contributed by atoms with E-state index in [1.54, 1.807) is 6.07 Å². The molecule has 1 saturated carbocycles. The van der Waals surface area contributed by atoms with Crippen LogP contribution in [0.2, 0.25) is 0 Å². The van der Waals surface area contributed by atoms with Gasteiger partial charge in [-0.05, 0) is 37.5 Å². The van der Waals surface area contributed by atoms with Gasteiger partial charge in [0.1, 0.15) is 12.1 Å². The first-order valence-corrected chi connectivity index (χ1v) is 10.5. The number of alkyl halides is 5. The molecule has 7 nitrogen and oxygen atoms in total. The first kappa shape index (κ1) is 23.0. The van der Waals surface area contributed by atoms with Crippen molar-refractivity contribution in [2.75, 3.05) is 11.4 Å². The van der Waals surface area contributed by atoms with Gasteiger partial charge in [0.15, 0.2) is 11.6 Å². The summed E-state index contributed by atoms with van der Waals surface area (Å²) in [7, 11) is 0. The standard InChI is InChI=1S/C22H17F6N7/c1-12(7-21(5-6-21)22(26,27)28)14-8-29-9-17(31-14)34(10-16(24)25)19-18-13(23)3-2-4-15(18)35-11-30-33-20(35)32-19/h2-4,7-9,11,16H,5-6,10H2,1H3/b12-7+. The molecule has 13 heteroatoms. The Bertz CT molecular complexity index is 1440. The third-order valence-electron chi connectivity index (χ3n) is 5.94. The maximum Gasteiger partial charge on any atom is 0.397 e. The topological polar surface area (TPSA) is 72.1 Å². The van der Waals surface area contributed by atoms with Gasteiger partial charge in [-0.1, -0.05) is 12.1 Å². The Hall–Kier alpha value is -3.77.